The summed E-state index contributed by atoms with van der Waals surface area (Å²) in [7, 11) is 0. The average molecular weight is 284 g/mol. The van der Waals surface area contributed by atoms with Crippen LogP contribution >= 0.6 is 11.6 Å². The van der Waals surface area contributed by atoms with Crippen LogP contribution in [-0.4, -0.2) is 19.7 Å². The Hall–Kier alpha value is -0.730. The highest BCUT2D eigenvalue weighted by atomic mass is 35.5. The number of unbranched alkanes of at least 4 members (excludes halogenated alkanes) is 4. The lowest BCUT2D eigenvalue weighted by Crippen LogP contribution is -2.22. The molecule has 1 N–H and O–H groups in total. The SMILES string of the molecule is CCCCCCCNCCOc1ccc(Cl)cc1C. The van der Waals surface area contributed by atoms with Gasteiger partial charge in [-0.05, 0) is 43.7 Å². The number of hydrogen-bond acceptors (Lipinski definition) is 2. The summed E-state index contributed by atoms with van der Waals surface area (Å²) in [4.78, 5) is 0. The van der Waals surface area contributed by atoms with Crippen LogP contribution in [0.15, 0.2) is 18.2 Å². The van der Waals surface area contributed by atoms with E-state index in [2.05, 4.69) is 12.2 Å². The Bertz CT molecular complexity index is 355. The van der Waals surface area contributed by atoms with E-state index in [0.717, 1.165) is 29.4 Å². The molecule has 1 rings (SSSR count). The van der Waals surface area contributed by atoms with Gasteiger partial charge in [-0.1, -0.05) is 44.2 Å². The molecule has 0 unspecified atom stereocenters. The van der Waals surface area contributed by atoms with Crippen LogP contribution in [0.3, 0.4) is 0 Å². The molecule has 0 saturated heterocycles. The molecule has 0 radical (unpaired) electrons. The number of aryl methyl sites for hydroxylation is 1. The summed E-state index contributed by atoms with van der Waals surface area (Å²) >= 11 is 5.90. The quantitative estimate of drug-likeness (QED) is 0.634. The lowest BCUT2D eigenvalue weighted by atomic mass is 10.1. The first-order valence-electron chi connectivity index (χ1n) is 7.33. The molecule has 0 fully saturated rings. The summed E-state index contributed by atoms with van der Waals surface area (Å²) in [5.41, 5.74) is 1.09. The van der Waals surface area contributed by atoms with Gasteiger partial charge in [0.15, 0.2) is 0 Å². The molecular weight excluding hydrogens is 258 g/mol. The van der Waals surface area contributed by atoms with Gasteiger partial charge in [-0.2, -0.15) is 0 Å². The van der Waals surface area contributed by atoms with Gasteiger partial charge < -0.3 is 10.1 Å². The zero-order chi connectivity index (χ0) is 13.9. The van der Waals surface area contributed by atoms with Crippen molar-refractivity contribution in [1.29, 1.82) is 0 Å². The Morgan fingerprint density at radius 1 is 1.11 bits per heavy atom. The Morgan fingerprint density at radius 3 is 2.63 bits per heavy atom. The molecule has 0 bridgehead atoms. The van der Waals surface area contributed by atoms with E-state index < -0.39 is 0 Å². The molecule has 0 heterocycles. The maximum absolute atomic E-state index is 5.90. The lowest BCUT2D eigenvalue weighted by Gasteiger charge is -2.10. The Labute approximate surface area is 122 Å². The molecule has 0 saturated carbocycles. The second kappa shape index (κ2) is 10.1. The zero-order valence-corrected chi connectivity index (χ0v) is 12.9. The molecule has 0 atom stereocenters. The largest absolute Gasteiger partial charge is 0.492 e. The molecule has 0 amide bonds. The van der Waals surface area contributed by atoms with Crippen LogP contribution in [0.25, 0.3) is 0 Å². The molecular formula is C16H26ClNO. The minimum absolute atomic E-state index is 0.706. The molecule has 3 heteroatoms. The number of benzene rings is 1. The number of hydrogen-bond donors (Lipinski definition) is 1. The summed E-state index contributed by atoms with van der Waals surface area (Å²) < 4.78 is 5.72. The monoisotopic (exact) mass is 283 g/mol. The maximum Gasteiger partial charge on any atom is 0.122 e. The van der Waals surface area contributed by atoms with Crippen molar-refractivity contribution in [2.24, 2.45) is 0 Å². The molecule has 0 aliphatic rings. The van der Waals surface area contributed by atoms with Crippen molar-refractivity contribution in [2.45, 2.75) is 46.0 Å². The standard InChI is InChI=1S/C16H26ClNO/c1-3-4-5-6-7-10-18-11-12-19-16-9-8-15(17)13-14(16)2/h8-9,13,18H,3-7,10-12H2,1-2H3. The molecule has 1 aromatic carbocycles. The van der Waals surface area contributed by atoms with Crippen LogP contribution in [-0.2, 0) is 0 Å². The van der Waals surface area contributed by atoms with Crippen molar-refractivity contribution in [3.8, 4) is 5.75 Å². The molecule has 0 aromatic heterocycles. The van der Waals surface area contributed by atoms with Crippen molar-refractivity contribution in [2.75, 3.05) is 19.7 Å². The van der Waals surface area contributed by atoms with E-state index in [-0.39, 0.29) is 0 Å². The fraction of sp³-hybridized carbons (Fsp3) is 0.625. The Balaban J connectivity index is 2.01. The van der Waals surface area contributed by atoms with Crippen LogP contribution in [0.1, 0.15) is 44.6 Å². The molecule has 2 nitrogen and oxygen atoms in total. The first-order chi connectivity index (χ1) is 9.24. The van der Waals surface area contributed by atoms with E-state index in [0.29, 0.717) is 6.61 Å². The first-order valence-corrected chi connectivity index (χ1v) is 7.71. The molecule has 108 valence electrons. The fourth-order valence-corrected chi connectivity index (χ4v) is 2.21. The van der Waals surface area contributed by atoms with Gasteiger partial charge in [0.2, 0.25) is 0 Å². The molecule has 0 aliphatic carbocycles. The highest BCUT2D eigenvalue weighted by Crippen LogP contribution is 2.21. The zero-order valence-electron chi connectivity index (χ0n) is 12.2. The van der Waals surface area contributed by atoms with Gasteiger partial charge >= 0.3 is 0 Å². The van der Waals surface area contributed by atoms with E-state index in [1.165, 1.54) is 32.1 Å². The molecule has 1 aromatic rings. The minimum atomic E-state index is 0.706. The van der Waals surface area contributed by atoms with Crippen LogP contribution in [0.5, 0.6) is 5.75 Å². The average Bonchev–Trinajstić information content (AvgIpc) is 2.39. The van der Waals surface area contributed by atoms with Gasteiger partial charge in [-0.25, -0.2) is 0 Å². The summed E-state index contributed by atoms with van der Waals surface area (Å²) in [6.45, 7) is 6.96. The van der Waals surface area contributed by atoms with E-state index in [9.17, 15) is 0 Å². The van der Waals surface area contributed by atoms with Crippen molar-refractivity contribution in [1.82, 2.24) is 5.32 Å². The fourth-order valence-electron chi connectivity index (χ4n) is 1.99. The van der Waals surface area contributed by atoms with Crippen LogP contribution < -0.4 is 10.1 Å². The third-order valence-corrected chi connectivity index (χ3v) is 3.37. The van der Waals surface area contributed by atoms with E-state index in [1.807, 2.05) is 25.1 Å². The maximum atomic E-state index is 5.90. The van der Waals surface area contributed by atoms with Crippen LogP contribution in [0, 0.1) is 6.92 Å². The summed E-state index contributed by atoms with van der Waals surface area (Å²) in [5.74, 6) is 0.925. The topological polar surface area (TPSA) is 21.3 Å². The van der Waals surface area contributed by atoms with Gasteiger partial charge in [-0.15, -0.1) is 0 Å². The molecule has 0 spiro atoms. The van der Waals surface area contributed by atoms with Crippen molar-refractivity contribution in [3.63, 3.8) is 0 Å². The first kappa shape index (κ1) is 16.3. The number of rotatable bonds is 10. The number of halogens is 1. The molecule has 0 aliphatic heterocycles. The van der Waals surface area contributed by atoms with Gasteiger partial charge in [-0.3, -0.25) is 0 Å². The third-order valence-electron chi connectivity index (χ3n) is 3.13. The highest BCUT2D eigenvalue weighted by molar-refractivity contribution is 6.30. The minimum Gasteiger partial charge on any atom is -0.492 e. The van der Waals surface area contributed by atoms with Gasteiger partial charge in [0.25, 0.3) is 0 Å². The van der Waals surface area contributed by atoms with E-state index in [1.54, 1.807) is 0 Å². The van der Waals surface area contributed by atoms with Crippen molar-refractivity contribution >= 4 is 11.6 Å². The van der Waals surface area contributed by atoms with E-state index >= 15 is 0 Å². The second-order valence-electron chi connectivity index (χ2n) is 4.92. The molecule has 19 heavy (non-hydrogen) atoms. The normalized spacial score (nSPS) is 10.7. The number of ether oxygens (including phenoxy) is 1. The van der Waals surface area contributed by atoms with Gasteiger partial charge in [0.1, 0.15) is 12.4 Å². The Kier molecular flexibility index (Phi) is 8.68. The predicted molar refractivity (Wildman–Crippen MR) is 83.3 cm³/mol. The lowest BCUT2D eigenvalue weighted by molar-refractivity contribution is 0.311. The van der Waals surface area contributed by atoms with Gasteiger partial charge in [0, 0.05) is 11.6 Å². The van der Waals surface area contributed by atoms with Crippen molar-refractivity contribution in [3.05, 3.63) is 28.8 Å². The van der Waals surface area contributed by atoms with Crippen LogP contribution in [0.4, 0.5) is 0 Å². The second-order valence-corrected chi connectivity index (χ2v) is 5.36. The van der Waals surface area contributed by atoms with Gasteiger partial charge in [0.05, 0.1) is 0 Å². The highest BCUT2D eigenvalue weighted by Gasteiger charge is 1.99. The van der Waals surface area contributed by atoms with Crippen LogP contribution in [0.2, 0.25) is 5.02 Å². The predicted octanol–water partition coefficient (Wildman–Crippen LogP) is 4.59. The summed E-state index contributed by atoms with van der Waals surface area (Å²) in [6, 6.07) is 5.73. The summed E-state index contributed by atoms with van der Waals surface area (Å²) in [6.07, 6.45) is 6.62. The smallest absolute Gasteiger partial charge is 0.122 e. The summed E-state index contributed by atoms with van der Waals surface area (Å²) in [5, 5.41) is 4.17. The third kappa shape index (κ3) is 7.44. The van der Waals surface area contributed by atoms with E-state index in [4.69, 9.17) is 16.3 Å². The number of nitrogens with one attached hydrogen (secondary N) is 1. The van der Waals surface area contributed by atoms with Crippen molar-refractivity contribution < 1.29 is 4.74 Å². The Morgan fingerprint density at radius 2 is 1.89 bits per heavy atom.